The molecule has 1 saturated heterocycles. The topological polar surface area (TPSA) is 362 Å². The van der Waals surface area contributed by atoms with Crippen molar-refractivity contribution in [2.75, 3.05) is 18.8 Å². The number of thiol groups is 1. The molecule has 0 bridgehead atoms. The van der Waals surface area contributed by atoms with Crippen LogP contribution in [-0.4, -0.2) is 129 Å². The lowest BCUT2D eigenvalue weighted by Crippen LogP contribution is -2.60. The summed E-state index contributed by atoms with van der Waals surface area (Å²) in [4.78, 5) is 119. The van der Waals surface area contributed by atoms with Gasteiger partial charge in [0, 0.05) is 25.1 Å². The maximum atomic E-state index is 13.9. The lowest BCUT2D eigenvalue weighted by atomic mass is 10.0. The Hall–Kier alpha value is -6.26. The van der Waals surface area contributed by atoms with Gasteiger partial charge in [0.15, 0.2) is 0 Å². The van der Waals surface area contributed by atoms with Crippen LogP contribution in [-0.2, 0) is 56.0 Å². The number of unbranched alkanes of at least 4 members (excludes halogenated alkanes) is 1. The van der Waals surface area contributed by atoms with Gasteiger partial charge in [-0.1, -0.05) is 42.5 Å². The number of rotatable bonds is 26. The van der Waals surface area contributed by atoms with E-state index in [-0.39, 0.29) is 50.2 Å². The van der Waals surface area contributed by atoms with Gasteiger partial charge in [0.25, 0.3) is 0 Å². The molecule has 344 valence electrons. The van der Waals surface area contributed by atoms with E-state index in [4.69, 9.17) is 22.9 Å². The molecular weight excluding hydrogens is 841 g/mol. The molecule has 0 spiro atoms. The monoisotopic (exact) mass is 898 g/mol. The van der Waals surface area contributed by atoms with Crippen molar-refractivity contribution in [3.8, 4) is 5.75 Å². The van der Waals surface area contributed by atoms with Gasteiger partial charge in [0.05, 0.1) is 12.5 Å². The number of carbonyl (C=O) groups excluding carboxylic acids is 8. The van der Waals surface area contributed by atoms with Crippen molar-refractivity contribution in [2.45, 2.75) is 107 Å². The normalized spacial score (nSPS) is 16.2. The standard InChI is InChI=1S/C41H58N10O11S/c42-17-5-4-9-28(41(61)62)47-39(59)32-10-6-18-51(32)40(60)31(22-63)50-38(58)30(21-34(45)54)49-36(56)27(15-16-33(44)53)46-37(57)29(20-23-7-2-1-3-8-23)48-35(55)26(43)19-24-11-13-25(52)14-12-24/h1-3,7-8,11-14,26-32,52,63H,4-6,9-10,15-22,42-43H2,(H2,44,53)(H2,45,54)(H,46,57)(H,47,59)(H,48,55)(H,49,56)(H,50,58)(H,61,62)/t26-,27-,28-,29-,30-,31-,32-/m0/s1. The zero-order valence-electron chi connectivity index (χ0n) is 34.7. The number of carboxylic acid groups (broad SMARTS) is 1. The van der Waals surface area contributed by atoms with Gasteiger partial charge in [-0.15, -0.1) is 0 Å². The number of carbonyl (C=O) groups is 9. The highest BCUT2D eigenvalue weighted by atomic mass is 32.1. The number of aliphatic carboxylic acids is 1. The van der Waals surface area contributed by atoms with Gasteiger partial charge in [0.1, 0.15) is 42.0 Å². The number of amides is 8. The third-order valence-corrected chi connectivity index (χ3v) is 10.6. The van der Waals surface area contributed by atoms with E-state index in [0.717, 1.165) is 0 Å². The molecule has 0 aromatic heterocycles. The van der Waals surface area contributed by atoms with Crippen LogP contribution < -0.4 is 49.5 Å². The molecule has 22 heteroatoms. The zero-order chi connectivity index (χ0) is 46.6. The van der Waals surface area contributed by atoms with Gasteiger partial charge < -0.3 is 64.6 Å². The van der Waals surface area contributed by atoms with Gasteiger partial charge in [-0.2, -0.15) is 12.6 Å². The zero-order valence-corrected chi connectivity index (χ0v) is 35.6. The van der Waals surface area contributed by atoms with Crippen LogP contribution in [0.3, 0.4) is 0 Å². The van der Waals surface area contributed by atoms with Crippen LogP contribution in [0.25, 0.3) is 0 Å². The second kappa shape index (κ2) is 25.6. The quantitative estimate of drug-likeness (QED) is 0.0336. The molecule has 2 aromatic carbocycles. The van der Waals surface area contributed by atoms with Crippen LogP contribution in [0.5, 0.6) is 5.75 Å². The fourth-order valence-electron chi connectivity index (χ4n) is 6.81. The number of phenolic OH excluding ortho intramolecular Hbond substituents is 1. The van der Waals surface area contributed by atoms with Gasteiger partial charge in [-0.3, -0.25) is 38.4 Å². The number of aromatic hydroxyl groups is 1. The Labute approximate surface area is 369 Å². The first-order chi connectivity index (χ1) is 29.9. The van der Waals surface area contributed by atoms with E-state index in [0.29, 0.717) is 36.9 Å². The summed E-state index contributed by atoms with van der Waals surface area (Å²) >= 11 is 4.21. The van der Waals surface area contributed by atoms with Crippen molar-refractivity contribution in [1.82, 2.24) is 31.5 Å². The number of hydrogen-bond acceptors (Lipinski definition) is 13. The summed E-state index contributed by atoms with van der Waals surface area (Å²) in [6, 6.07) is 5.19. The molecule has 1 aliphatic heterocycles. The lowest BCUT2D eigenvalue weighted by Gasteiger charge is -2.30. The highest BCUT2D eigenvalue weighted by molar-refractivity contribution is 7.80. The molecule has 0 unspecified atom stereocenters. The number of primary amides is 2. The van der Waals surface area contributed by atoms with Crippen molar-refractivity contribution in [3.63, 3.8) is 0 Å². The average molecular weight is 899 g/mol. The van der Waals surface area contributed by atoms with E-state index < -0.39 is 108 Å². The summed E-state index contributed by atoms with van der Waals surface area (Å²) in [5.41, 5.74) is 23.7. The number of phenols is 1. The van der Waals surface area contributed by atoms with Crippen LogP contribution in [0, 0.1) is 0 Å². The van der Waals surface area contributed by atoms with Crippen LogP contribution >= 0.6 is 12.6 Å². The third-order valence-electron chi connectivity index (χ3n) is 10.2. The number of nitrogens with zero attached hydrogens (tertiary/aromatic N) is 1. The maximum absolute atomic E-state index is 13.9. The predicted octanol–water partition coefficient (Wildman–Crippen LogP) is -2.80. The molecule has 3 rings (SSSR count). The van der Waals surface area contributed by atoms with Crippen LogP contribution in [0.15, 0.2) is 54.6 Å². The van der Waals surface area contributed by atoms with E-state index in [1.54, 1.807) is 42.5 Å². The number of likely N-dealkylation sites (tertiary alicyclic amines) is 1. The number of nitrogens with two attached hydrogens (primary N) is 4. The first-order valence-electron chi connectivity index (χ1n) is 20.4. The first kappa shape index (κ1) is 51.1. The summed E-state index contributed by atoms with van der Waals surface area (Å²) in [7, 11) is 0. The molecular formula is C41H58N10O11S. The Morgan fingerprint density at radius 3 is 1.89 bits per heavy atom. The third kappa shape index (κ3) is 16.9. The highest BCUT2D eigenvalue weighted by Gasteiger charge is 2.40. The predicted molar refractivity (Wildman–Crippen MR) is 231 cm³/mol. The van der Waals surface area contributed by atoms with Gasteiger partial charge in [-0.25, -0.2) is 4.79 Å². The molecule has 0 aliphatic carbocycles. The van der Waals surface area contributed by atoms with Gasteiger partial charge in [0.2, 0.25) is 47.3 Å². The van der Waals surface area contributed by atoms with Gasteiger partial charge in [-0.05, 0) is 74.8 Å². The van der Waals surface area contributed by atoms with Gasteiger partial charge >= 0.3 is 5.97 Å². The molecule has 7 atom stereocenters. The molecule has 1 aliphatic rings. The molecule has 2 aromatic rings. The van der Waals surface area contributed by atoms with Crippen LogP contribution in [0.4, 0.5) is 0 Å². The van der Waals surface area contributed by atoms with Crippen molar-refractivity contribution < 1.29 is 53.4 Å². The van der Waals surface area contributed by atoms with Crippen LogP contribution in [0.1, 0.15) is 62.5 Å². The molecule has 63 heavy (non-hydrogen) atoms. The fourth-order valence-corrected chi connectivity index (χ4v) is 7.05. The summed E-state index contributed by atoms with van der Waals surface area (Å²) in [6.07, 6.45) is 0.137. The Balaban J connectivity index is 1.78. The average Bonchev–Trinajstić information content (AvgIpc) is 3.74. The summed E-state index contributed by atoms with van der Waals surface area (Å²) in [5.74, 6) is -8.54. The first-order valence-corrected chi connectivity index (χ1v) is 21.1. The number of carboxylic acids is 1. The summed E-state index contributed by atoms with van der Waals surface area (Å²) in [6.45, 7) is 0.441. The second-order valence-electron chi connectivity index (χ2n) is 15.1. The minimum absolute atomic E-state index is 0.0170. The SMILES string of the molecule is NCCCC[C@H](NC(=O)[C@@H]1CCCN1C(=O)[C@H](CS)NC(=O)[C@H](CC(N)=O)NC(=O)[C@H](CCC(N)=O)NC(=O)[C@H](Cc1ccccc1)NC(=O)[C@@H](N)Cc1ccc(O)cc1)C(=O)O. The minimum Gasteiger partial charge on any atom is -0.508 e. The van der Waals surface area contributed by atoms with Crippen molar-refractivity contribution in [3.05, 3.63) is 65.7 Å². The Bertz CT molecular complexity index is 1920. The van der Waals surface area contributed by atoms with Crippen molar-refractivity contribution in [1.29, 1.82) is 0 Å². The molecule has 15 N–H and O–H groups in total. The Morgan fingerprint density at radius 1 is 0.698 bits per heavy atom. The van der Waals surface area contributed by atoms with E-state index in [9.17, 15) is 53.4 Å². The van der Waals surface area contributed by atoms with Crippen LogP contribution in [0.2, 0.25) is 0 Å². The Morgan fingerprint density at radius 2 is 1.29 bits per heavy atom. The largest absolute Gasteiger partial charge is 0.508 e. The molecule has 1 heterocycles. The van der Waals surface area contributed by atoms with Crippen molar-refractivity contribution >= 4 is 65.9 Å². The summed E-state index contributed by atoms with van der Waals surface area (Å²) in [5, 5.41) is 31.6. The summed E-state index contributed by atoms with van der Waals surface area (Å²) < 4.78 is 0. The molecule has 0 radical (unpaired) electrons. The highest BCUT2D eigenvalue weighted by Crippen LogP contribution is 2.20. The molecule has 21 nitrogen and oxygen atoms in total. The number of benzene rings is 2. The number of nitrogens with one attached hydrogen (secondary N) is 5. The Kier molecular flexibility index (Phi) is 20.8. The second-order valence-corrected chi connectivity index (χ2v) is 15.5. The van der Waals surface area contributed by atoms with E-state index in [2.05, 4.69) is 39.2 Å². The van der Waals surface area contributed by atoms with E-state index in [1.165, 1.54) is 17.0 Å². The molecule has 8 amide bonds. The minimum atomic E-state index is -1.72. The van der Waals surface area contributed by atoms with E-state index in [1.807, 2.05) is 0 Å². The maximum Gasteiger partial charge on any atom is 0.326 e. The fraction of sp³-hybridized carbons (Fsp3) is 0.488. The molecule has 1 fully saturated rings. The smallest absolute Gasteiger partial charge is 0.326 e. The molecule has 0 saturated carbocycles. The number of hydrogen-bond donors (Lipinski definition) is 12. The lowest BCUT2D eigenvalue weighted by molar-refractivity contribution is -0.145. The van der Waals surface area contributed by atoms with E-state index >= 15 is 0 Å². The van der Waals surface area contributed by atoms with Crippen molar-refractivity contribution in [2.24, 2.45) is 22.9 Å².